The minimum absolute atomic E-state index is 0.393. The number of methoxy groups -OCH3 is 1. The Morgan fingerprint density at radius 3 is 2.44 bits per heavy atom. The van der Waals surface area contributed by atoms with E-state index in [2.05, 4.69) is 18.7 Å². The maximum Gasteiger partial charge on any atom is 0.121 e. The second-order valence-electron chi connectivity index (χ2n) is 4.56. The van der Waals surface area contributed by atoms with Gasteiger partial charge in [-0.15, -0.1) is 0 Å². The number of aryl methyl sites for hydroxylation is 1. The smallest absolute Gasteiger partial charge is 0.121 e. The number of hydrogen-bond acceptors (Lipinski definition) is 3. The Bertz CT molecular complexity index is 362. The summed E-state index contributed by atoms with van der Waals surface area (Å²) >= 11 is 0. The van der Waals surface area contributed by atoms with E-state index in [1.807, 2.05) is 25.1 Å². The topological polar surface area (TPSA) is 32.7 Å². The lowest BCUT2D eigenvalue weighted by Gasteiger charge is -2.20. The summed E-state index contributed by atoms with van der Waals surface area (Å²) in [6.45, 7) is 9.29. The van der Waals surface area contributed by atoms with Gasteiger partial charge in [0.05, 0.1) is 13.2 Å². The first-order valence-corrected chi connectivity index (χ1v) is 6.67. The zero-order valence-electron chi connectivity index (χ0n) is 11.9. The van der Waals surface area contributed by atoms with E-state index in [4.69, 9.17) is 4.74 Å². The van der Waals surface area contributed by atoms with Gasteiger partial charge in [-0.3, -0.25) is 0 Å². The van der Waals surface area contributed by atoms with E-state index in [9.17, 15) is 5.11 Å². The molecule has 0 bridgehead atoms. The van der Waals surface area contributed by atoms with Crippen molar-refractivity contribution in [1.82, 2.24) is 4.90 Å². The molecule has 1 aromatic rings. The highest BCUT2D eigenvalue weighted by molar-refractivity contribution is 5.36. The van der Waals surface area contributed by atoms with Crippen molar-refractivity contribution in [2.75, 3.05) is 26.7 Å². The highest BCUT2D eigenvalue weighted by atomic mass is 16.5. The number of ether oxygens (including phenoxy) is 1. The molecule has 3 nitrogen and oxygen atoms in total. The molecule has 1 aromatic carbocycles. The number of aliphatic hydroxyl groups excluding tert-OH is 1. The molecule has 18 heavy (non-hydrogen) atoms. The summed E-state index contributed by atoms with van der Waals surface area (Å²) in [6, 6.07) is 5.87. The summed E-state index contributed by atoms with van der Waals surface area (Å²) in [5, 5.41) is 10.2. The SMILES string of the molecule is CCN(CC)CCC(O)c1ccc(OC)c(C)c1. The Labute approximate surface area is 110 Å². The minimum Gasteiger partial charge on any atom is -0.496 e. The summed E-state index contributed by atoms with van der Waals surface area (Å²) in [6.07, 6.45) is 0.378. The molecule has 0 aromatic heterocycles. The average Bonchev–Trinajstić information content (AvgIpc) is 2.39. The van der Waals surface area contributed by atoms with Crippen molar-refractivity contribution in [3.8, 4) is 5.75 Å². The van der Waals surface area contributed by atoms with Crippen LogP contribution >= 0.6 is 0 Å². The first-order valence-electron chi connectivity index (χ1n) is 6.67. The van der Waals surface area contributed by atoms with Crippen LogP contribution in [0, 0.1) is 6.92 Å². The number of hydrogen-bond donors (Lipinski definition) is 1. The van der Waals surface area contributed by atoms with E-state index < -0.39 is 6.10 Å². The zero-order chi connectivity index (χ0) is 13.5. The van der Waals surface area contributed by atoms with Gasteiger partial charge in [0.1, 0.15) is 5.75 Å². The van der Waals surface area contributed by atoms with E-state index in [0.717, 1.165) is 42.9 Å². The molecule has 0 saturated heterocycles. The summed E-state index contributed by atoms with van der Waals surface area (Å²) < 4.78 is 5.22. The molecule has 0 amide bonds. The van der Waals surface area contributed by atoms with Gasteiger partial charge in [-0.05, 0) is 49.7 Å². The van der Waals surface area contributed by atoms with Crippen LogP contribution in [0.3, 0.4) is 0 Å². The van der Waals surface area contributed by atoms with Crippen LogP contribution in [-0.4, -0.2) is 36.8 Å². The van der Waals surface area contributed by atoms with Crippen LogP contribution in [-0.2, 0) is 0 Å². The molecule has 0 saturated carbocycles. The Balaban J connectivity index is 2.61. The van der Waals surface area contributed by atoms with E-state index in [1.54, 1.807) is 7.11 Å². The third-order valence-corrected chi connectivity index (χ3v) is 3.42. The van der Waals surface area contributed by atoms with Crippen LogP contribution in [0.2, 0.25) is 0 Å². The van der Waals surface area contributed by atoms with Crippen molar-refractivity contribution in [1.29, 1.82) is 0 Å². The second kappa shape index (κ2) is 7.39. The molecular formula is C15H25NO2. The van der Waals surface area contributed by atoms with Crippen LogP contribution in [0.1, 0.15) is 37.5 Å². The minimum atomic E-state index is -0.393. The van der Waals surface area contributed by atoms with Crippen molar-refractivity contribution < 1.29 is 9.84 Å². The van der Waals surface area contributed by atoms with Gasteiger partial charge in [0.25, 0.3) is 0 Å². The van der Waals surface area contributed by atoms with Crippen molar-refractivity contribution in [2.24, 2.45) is 0 Å². The Morgan fingerprint density at radius 1 is 1.28 bits per heavy atom. The van der Waals surface area contributed by atoms with Gasteiger partial charge in [0.2, 0.25) is 0 Å². The average molecular weight is 251 g/mol. The summed E-state index contributed by atoms with van der Waals surface area (Å²) in [7, 11) is 1.67. The lowest BCUT2D eigenvalue weighted by molar-refractivity contribution is 0.145. The molecule has 0 aliphatic heterocycles. The normalized spacial score (nSPS) is 12.8. The van der Waals surface area contributed by atoms with Gasteiger partial charge in [0, 0.05) is 6.54 Å². The molecule has 1 rings (SSSR count). The number of rotatable bonds is 7. The van der Waals surface area contributed by atoms with Gasteiger partial charge in [0.15, 0.2) is 0 Å². The first kappa shape index (κ1) is 15.0. The molecule has 1 unspecified atom stereocenters. The van der Waals surface area contributed by atoms with E-state index in [-0.39, 0.29) is 0 Å². The molecule has 0 radical (unpaired) electrons. The molecular weight excluding hydrogens is 226 g/mol. The van der Waals surface area contributed by atoms with E-state index in [0.29, 0.717) is 0 Å². The molecule has 0 aliphatic rings. The van der Waals surface area contributed by atoms with Crippen LogP contribution in [0.5, 0.6) is 5.75 Å². The lowest BCUT2D eigenvalue weighted by atomic mass is 10.0. The Hall–Kier alpha value is -1.06. The van der Waals surface area contributed by atoms with Crippen LogP contribution < -0.4 is 4.74 Å². The summed E-state index contributed by atoms with van der Waals surface area (Å²) in [5.41, 5.74) is 2.04. The van der Waals surface area contributed by atoms with Gasteiger partial charge >= 0.3 is 0 Å². The third kappa shape index (κ3) is 4.00. The monoisotopic (exact) mass is 251 g/mol. The molecule has 1 atom stereocenters. The van der Waals surface area contributed by atoms with E-state index >= 15 is 0 Å². The molecule has 0 heterocycles. The van der Waals surface area contributed by atoms with Crippen molar-refractivity contribution >= 4 is 0 Å². The lowest BCUT2D eigenvalue weighted by Crippen LogP contribution is -2.25. The van der Waals surface area contributed by atoms with Crippen LogP contribution in [0.4, 0.5) is 0 Å². The predicted octanol–water partition coefficient (Wildman–Crippen LogP) is 2.77. The van der Waals surface area contributed by atoms with Crippen molar-refractivity contribution in [3.05, 3.63) is 29.3 Å². The van der Waals surface area contributed by atoms with Gasteiger partial charge in [-0.1, -0.05) is 19.9 Å². The highest BCUT2D eigenvalue weighted by Gasteiger charge is 2.11. The fourth-order valence-electron chi connectivity index (χ4n) is 2.12. The third-order valence-electron chi connectivity index (χ3n) is 3.42. The van der Waals surface area contributed by atoms with Crippen molar-refractivity contribution in [2.45, 2.75) is 33.3 Å². The van der Waals surface area contributed by atoms with Crippen LogP contribution in [0.15, 0.2) is 18.2 Å². The molecule has 0 fully saturated rings. The van der Waals surface area contributed by atoms with Crippen molar-refractivity contribution in [3.63, 3.8) is 0 Å². The maximum absolute atomic E-state index is 10.2. The quantitative estimate of drug-likeness (QED) is 0.809. The number of aliphatic hydroxyl groups is 1. The molecule has 1 N–H and O–H groups in total. The standard InChI is InChI=1S/C15H25NO2/c1-5-16(6-2)10-9-14(17)13-7-8-15(18-4)12(3)11-13/h7-8,11,14,17H,5-6,9-10H2,1-4H3. The second-order valence-corrected chi connectivity index (χ2v) is 4.56. The van der Waals surface area contributed by atoms with E-state index in [1.165, 1.54) is 0 Å². The zero-order valence-corrected chi connectivity index (χ0v) is 11.9. The summed E-state index contributed by atoms with van der Waals surface area (Å²) in [5.74, 6) is 0.870. The fourth-order valence-corrected chi connectivity index (χ4v) is 2.12. The van der Waals surface area contributed by atoms with Crippen LogP contribution in [0.25, 0.3) is 0 Å². The first-order chi connectivity index (χ1) is 8.62. The Kier molecular flexibility index (Phi) is 6.16. The number of nitrogens with zero attached hydrogens (tertiary/aromatic N) is 1. The predicted molar refractivity (Wildman–Crippen MR) is 75.1 cm³/mol. The summed E-state index contributed by atoms with van der Waals surface area (Å²) in [4.78, 5) is 2.32. The molecule has 0 aliphatic carbocycles. The molecule has 3 heteroatoms. The molecule has 102 valence electrons. The highest BCUT2D eigenvalue weighted by Crippen LogP contribution is 2.24. The largest absolute Gasteiger partial charge is 0.496 e. The van der Waals surface area contributed by atoms with Gasteiger partial charge in [-0.25, -0.2) is 0 Å². The van der Waals surface area contributed by atoms with Gasteiger partial charge in [-0.2, -0.15) is 0 Å². The fraction of sp³-hybridized carbons (Fsp3) is 0.600. The van der Waals surface area contributed by atoms with Gasteiger partial charge < -0.3 is 14.7 Å². The number of benzene rings is 1. The maximum atomic E-state index is 10.2. The molecule has 0 spiro atoms. The Morgan fingerprint density at radius 2 is 1.94 bits per heavy atom.